The van der Waals surface area contributed by atoms with Crippen LogP contribution in [0.2, 0.25) is 0 Å². The highest BCUT2D eigenvalue weighted by molar-refractivity contribution is 9.11. The van der Waals surface area contributed by atoms with Gasteiger partial charge >= 0.3 is 5.97 Å². The van der Waals surface area contributed by atoms with Gasteiger partial charge in [-0.15, -0.1) is 0 Å². The lowest BCUT2D eigenvalue weighted by Crippen LogP contribution is -2.00. The summed E-state index contributed by atoms with van der Waals surface area (Å²) in [5.74, 6) is -0.0735. The van der Waals surface area contributed by atoms with Crippen molar-refractivity contribution in [2.24, 2.45) is 0 Å². The molecule has 1 N–H and O–H groups in total. The third kappa shape index (κ3) is 5.36. The van der Waals surface area contributed by atoms with Gasteiger partial charge in [0.25, 0.3) is 0 Å². The van der Waals surface area contributed by atoms with E-state index in [2.05, 4.69) is 63.9 Å². The number of aliphatic carboxylic acids is 1. The standard InChI is InChI=1S/C18H18Br2O3/c1-11-5-12(2)7-14(6-11)10-23-18-15(19)8-13(9-16(18)20)3-4-17(21)22/h5-9H,3-4,10H2,1-2H3,(H,21,22). The van der Waals surface area contributed by atoms with Crippen LogP contribution >= 0.6 is 31.9 Å². The highest BCUT2D eigenvalue weighted by Gasteiger charge is 2.10. The molecule has 0 aliphatic rings. The highest BCUT2D eigenvalue weighted by Crippen LogP contribution is 2.35. The van der Waals surface area contributed by atoms with Gasteiger partial charge in [-0.05, 0) is 75.4 Å². The van der Waals surface area contributed by atoms with Crippen LogP contribution in [-0.2, 0) is 17.8 Å². The van der Waals surface area contributed by atoms with Crippen LogP contribution in [0.1, 0.15) is 28.7 Å². The summed E-state index contributed by atoms with van der Waals surface area (Å²) in [6, 6.07) is 10.2. The smallest absolute Gasteiger partial charge is 0.303 e. The average molecular weight is 442 g/mol. The molecule has 122 valence electrons. The van der Waals surface area contributed by atoms with Crippen LogP contribution in [-0.4, -0.2) is 11.1 Å². The van der Waals surface area contributed by atoms with Crippen molar-refractivity contribution in [1.29, 1.82) is 0 Å². The van der Waals surface area contributed by atoms with E-state index in [-0.39, 0.29) is 6.42 Å². The fourth-order valence-corrected chi connectivity index (χ4v) is 3.96. The Balaban J connectivity index is 2.12. The Morgan fingerprint density at radius 3 is 2.09 bits per heavy atom. The predicted octanol–water partition coefficient (Wildman–Crippen LogP) is 5.42. The maximum Gasteiger partial charge on any atom is 0.303 e. The third-order valence-electron chi connectivity index (χ3n) is 3.35. The lowest BCUT2D eigenvalue weighted by atomic mass is 10.1. The van der Waals surface area contributed by atoms with Gasteiger partial charge in [0.15, 0.2) is 0 Å². The molecule has 0 aromatic heterocycles. The molecule has 0 unspecified atom stereocenters. The highest BCUT2D eigenvalue weighted by atomic mass is 79.9. The van der Waals surface area contributed by atoms with Gasteiger partial charge in [-0.2, -0.15) is 0 Å². The van der Waals surface area contributed by atoms with Crippen molar-refractivity contribution < 1.29 is 14.6 Å². The summed E-state index contributed by atoms with van der Waals surface area (Å²) in [6.07, 6.45) is 0.603. The molecule has 2 aromatic rings. The molecular weight excluding hydrogens is 424 g/mol. The Bertz CT molecular complexity index is 683. The minimum Gasteiger partial charge on any atom is -0.487 e. The number of hydrogen-bond donors (Lipinski definition) is 1. The molecule has 0 amide bonds. The number of benzene rings is 2. The Labute approximate surface area is 152 Å². The van der Waals surface area contributed by atoms with Gasteiger partial charge < -0.3 is 9.84 Å². The SMILES string of the molecule is Cc1cc(C)cc(COc2c(Br)cc(CCC(=O)O)cc2Br)c1. The van der Waals surface area contributed by atoms with Crippen LogP contribution in [0, 0.1) is 13.8 Å². The summed E-state index contributed by atoms with van der Waals surface area (Å²) >= 11 is 7.01. The van der Waals surface area contributed by atoms with Gasteiger partial charge in [-0.1, -0.05) is 29.3 Å². The molecule has 0 saturated carbocycles. The monoisotopic (exact) mass is 440 g/mol. The number of carbonyl (C=O) groups is 1. The second-order valence-corrected chi connectivity index (χ2v) is 7.28. The first-order valence-corrected chi connectivity index (χ1v) is 8.83. The molecule has 2 rings (SSSR count). The first-order chi connectivity index (χ1) is 10.8. The molecule has 0 radical (unpaired) electrons. The van der Waals surface area contributed by atoms with Crippen molar-refractivity contribution in [1.82, 2.24) is 0 Å². The Morgan fingerprint density at radius 2 is 1.57 bits per heavy atom. The molecule has 3 nitrogen and oxygen atoms in total. The maximum absolute atomic E-state index is 10.7. The van der Waals surface area contributed by atoms with E-state index in [9.17, 15) is 4.79 Å². The fourth-order valence-electron chi connectivity index (χ4n) is 2.45. The minimum absolute atomic E-state index is 0.113. The summed E-state index contributed by atoms with van der Waals surface area (Å²) in [5.41, 5.74) is 4.50. The van der Waals surface area contributed by atoms with Crippen LogP contribution in [0.3, 0.4) is 0 Å². The molecule has 2 aromatic carbocycles. The second kappa shape index (κ2) is 7.97. The number of halogens is 2. The molecule has 0 aliphatic heterocycles. The average Bonchev–Trinajstić information content (AvgIpc) is 2.43. The Hall–Kier alpha value is -1.33. The van der Waals surface area contributed by atoms with Crippen LogP contribution in [0.25, 0.3) is 0 Å². The maximum atomic E-state index is 10.7. The number of aryl methyl sites for hydroxylation is 3. The Morgan fingerprint density at radius 1 is 1.00 bits per heavy atom. The number of rotatable bonds is 6. The van der Waals surface area contributed by atoms with Gasteiger partial charge in [0.2, 0.25) is 0 Å². The number of hydrogen-bond acceptors (Lipinski definition) is 2. The normalized spacial score (nSPS) is 10.6. The minimum atomic E-state index is -0.799. The van der Waals surface area contributed by atoms with Gasteiger partial charge in [-0.3, -0.25) is 4.79 Å². The molecule has 5 heteroatoms. The lowest BCUT2D eigenvalue weighted by Gasteiger charge is -2.13. The lowest BCUT2D eigenvalue weighted by molar-refractivity contribution is -0.136. The zero-order chi connectivity index (χ0) is 17.0. The number of carboxylic acids is 1. The van der Waals surface area contributed by atoms with Crippen molar-refractivity contribution in [3.05, 3.63) is 61.5 Å². The third-order valence-corrected chi connectivity index (χ3v) is 4.53. The van der Waals surface area contributed by atoms with Gasteiger partial charge in [0.1, 0.15) is 12.4 Å². The van der Waals surface area contributed by atoms with E-state index in [1.54, 1.807) is 0 Å². The topological polar surface area (TPSA) is 46.5 Å². The molecule has 0 heterocycles. The zero-order valence-electron chi connectivity index (χ0n) is 13.0. The molecule has 0 aliphatic carbocycles. The summed E-state index contributed by atoms with van der Waals surface area (Å²) < 4.78 is 7.57. The van der Waals surface area contributed by atoms with Gasteiger partial charge in [0.05, 0.1) is 8.95 Å². The quantitative estimate of drug-likeness (QED) is 0.650. The van der Waals surface area contributed by atoms with Crippen molar-refractivity contribution in [3.63, 3.8) is 0 Å². The van der Waals surface area contributed by atoms with Crippen molar-refractivity contribution in [2.75, 3.05) is 0 Å². The predicted molar refractivity (Wildman–Crippen MR) is 98.0 cm³/mol. The van der Waals surface area contributed by atoms with Gasteiger partial charge in [-0.25, -0.2) is 0 Å². The summed E-state index contributed by atoms with van der Waals surface area (Å²) in [7, 11) is 0. The molecule has 0 fully saturated rings. The van der Waals surface area contributed by atoms with E-state index >= 15 is 0 Å². The molecule has 0 spiro atoms. The van der Waals surface area contributed by atoms with E-state index in [1.807, 2.05) is 12.1 Å². The molecule has 23 heavy (non-hydrogen) atoms. The van der Waals surface area contributed by atoms with Crippen LogP contribution in [0.4, 0.5) is 0 Å². The molecule has 0 saturated heterocycles. The van der Waals surface area contributed by atoms with Crippen LogP contribution < -0.4 is 4.74 Å². The van der Waals surface area contributed by atoms with E-state index in [0.29, 0.717) is 13.0 Å². The van der Waals surface area contributed by atoms with Crippen LogP contribution in [0.5, 0.6) is 5.75 Å². The van der Waals surface area contributed by atoms with Crippen molar-refractivity contribution in [3.8, 4) is 5.75 Å². The van der Waals surface area contributed by atoms with E-state index in [4.69, 9.17) is 9.84 Å². The summed E-state index contributed by atoms with van der Waals surface area (Å²) in [4.78, 5) is 10.7. The van der Waals surface area contributed by atoms with Crippen molar-refractivity contribution >= 4 is 37.8 Å². The number of ether oxygens (including phenoxy) is 1. The number of carboxylic acid groups (broad SMARTS) is 1. The molecular formula is C18H18Br2O3. The summed E-state index contributed by atoms with van der Waals surface area (Å²) in [5, 5.41) is 8.77. The molecule has 0 atom stereocenters. The van der Waals surface area contributed by atoms with Crippen LogP contribution in [0.15, 0.2) is 39.3 Å². The second-order valence-electron chi connectivity index (χ2n) is 5.57. The first kappa shape index (κ1) is 18.0. The van der Waals surface area contributed by atoms with E-state index in [0.717, 1.165) is 25.8 Å². The Kier molecular flexibility index (Phi) is 6.25. The van der Waals surface area contributed by atoms with E-state index < -0.39 is 5.97 Å². The van der Waals surface area contributed by atoms with E-state index in [1.165, 1.54) is 11.1 Å². The summed E-state index contributed by atoms with van der Waals surface area (Å²) in [6.45, 7) is 4.62. The van der Waals surface area contributed by atoms with Crippen molar-refractivity contribution in [2.45, 2.75) is 33.3 Å². The molecule has 0 bridgehead atoms. The van der Waals surface area contributed by atoms with Gasteiger partial charge in [0, 0.05) is 6.42 Å². The largest absolute Gasteiger partial charge is 0.487 e. The first-order valence-electron chi connectivity index (χ1n) is 7.25. The zero-order valence-corrected chi connectivity index (χ0v) is 16.2. The fraction of sp³-hybridized carbons (Fsp3) is 0.278.